The first kappa shape index (κ1) is 11.6. The van der Waals surface area contributed by atoms with Gasteiger partial charge in [-0.2, -0.15) is 10.3 Å². The van der Waals surface area contributed by atoms with Crippen molar-refractivity contribution in [3.63, 3.8) is 0 Å². The highest BCUT2D eigenvalue weighted by Gasteiger charge is 1.92. The number of fused-ring (bicyclic) bond motifs is 1. The third-order valence-corrected chi connectivity index (χ3v) is 1.09. The molecule has 0 aliphatic heterocycles. The Morgan fingerprint density at radius 3 is 2.46 bits per heavy atom. The van der Waals surface area contributed by atoms with E-state index in [-0.39, 0.29) is 1.43 Å². The first-order valence-corrected chi connectivity index (χ1v) is 4.58. The van der Waals surface area contributed by atoms with Crippen LogP contribution in [-0.4, -0.2) is 20.4 Å². The summed E-state index contributed by atoms with van der Waals surface area (Å²) in [6, 6.07) is 3.68. The second kappa shape index (κ2) is 7.21. The van der Waals surface area contributed by atoms with E-state index in [9.17, 15) is 0 Å². The van der Waals surface area contributed by atoms with Gasteiger partial charge >= 0.3 is 0 Å². The van der Waals surface area contributed by atoms with Crippen LogP contribution in [0.1, 0.15) is 29.1 Å². The van der Waals surface area contributed by atoms with Crippen molar-refractivity contribution >= 4 is 11.2 Å². The normalized spacial score (nSPS) is 8.00. The van der Waals surface area contributed by atoms with Crippen molar-refractivity contribution in [1.29, 1.82) is 0 Å². The maximum Gasteiger partial charge on any atom is 0.201 e. The second-order valence-corrected chi connectivity index (χ2v) is 1.67. The minimum Gasteiger partial charge on any atom is -0.234 e. The van der Waals surface area contributed by atoms with Crippen molar-refractivity contribution in [2.75, 3.05) is 0 Å². The Morgan fingerprint density at radius 1 is 1.15 bits per heavy atom. The SMILES string of the molecule is CC.CC.[HH].c1cnc2n[nH]nc2c1. The number of rotatable bonds is 0. The molecule has 2 aromatic rings. The molecule has 0 unspecified atom stereocenters. The molecule has 4 nitrogen and oxygen atoms in total. The zero-order valence-corrected chi connectivity index (χ0v) is 8.57. The van der Waals surface area contributed by atoms with Crippen LogP contribution in [0.4, 0.5) is 0 Å². The van der Waals surface area contributed by atoms with Crippen LogP contribution in [0.15, 0.2) is 18.3 Å². The van der Waals surface area contributed by atoms with Crippen molar-refractivity contribution in [2.24, 2.45) is 0 Å². The van der Waals surface area contributed by atoms with Crippen molar-refractivity contribution in [3.8, 4) is 0 Å². The van der Waals surface area contributed by atoms with Crippen LogP contribution in [0, 0.1) is 0 Å². The minimum absolute atomic E-state index is 0. The van der Waals surface area contributed by atoms with Gasteiger partial charge in [0, 0.05) is 7.62 Å². The number of aromatic amines is 1. The van der Waals surface area contributed by atoms with E-state index in [1.165, 1.54) is 0 Å². The summed E-state index contributed by atoms with van der Waals surface area (Å²) in [6.07, 6.45) is 1.69. The highest BCUT2D eigenvalue weighted by Crippen LogP contribution is 1.99. The van der Waals surface area contributed by atoms with Gasteiger partial charge in [0.15, 0.2) is 0 Å². The minimum atomic E-state index is 0. The number of hydrogen-bond acceptors (Lipinski definition) is 3. The van der Waals surface area contributed by atoms with Gasteiger partial charge in [-0.3, -0.25) is 0 Å². The largest absolute Gasteiger partial charge is 0.234 e. The quantitative estimate of drug-likeness (QED) is 0.681. The van der Waals surface area contributed by atoms with Gasteiger partial charge in [0.2, 0.25) is 5.65 Å². The lowest BCUT2D eigenvalue weighted by Crippen LogP contribution is -1.71. The van der Waals surface area contributed by atoms with E-state index in [0.717, 1.165) is 5.52 Å². The lowest BCUT2D eigenvalue weighted by Gasteiger charge is -1.77. The molecule has 0 spiro atoms. The van der Waals surface area contributed by atoms with E-state index in [2.05, 4.69) is 20.4 Å². The fourth-order valence-corrected chi connectivity index (χ4v) is 0.688. The van der Waals surface area contributed by atoms with Crippen molar-refractivity contribution < 1.29 is 1.43 Å². The van der Waals surface area contributed by atoms with E-state index in [1.807, 2.05) is 39.8 Å². The topological polar surface area (TPSA) is 54.5 Å². The maximum absolute atomic E-state index is 3.94. The van der Waals surface area contributed by atoms with Crippen molar-refractivity contribution in [3.05, 3.63) is 18.3 Å². The van der Waals surface area contributed by atoms with Gasteiger partial charge < -0.3 is 0 Å². The third-order valence-electron chi connectivity index (χ3n) is 1.09. The number of aromatic nitrogens is 4. The molecule has 0 bridgehead atoms. The average Bonchev–Trinajstić information content (AvgIpc) is 2.71. The highest BCUT2D eigenvalue weighted by atomic mass is 15.3. The molecule has 0 radical (unpaired) electrons. The Bertz CT molecular complexity index is 291. The van der Waals surface area contributed by atoms with Gasteiger partial charge in [0.1, 0.15) is 5.52 Å². The van der Waals surface area contributed by atoms with Crippen LogP contribution < -0.4 is 0 Å². The Kier molecular flexibility index (Phi) is 6.41. The fourth-order valence-electron chi connectivity index (χ4n) is 0.688. The number of nitrogens with one attached hydrogen (secondary N) is 1. The lowest BCUT2D eigenvalue weighted by molar-refractivity contribution is 0.954. The van der Waals surface area contributed by atoms with Crippen LogP contribution >= 0.6 is 0 Å². The molecule has 0 atom stereocenters. The van der Waals surface area contributed by atoms with E-state index >= 15 is 0 Å². The summed E-state index contributed by atoms with van der Waals surface area (Å²) < 4.78 is 0. The molecule has 0 aromatic carbocycles. The molecule has 0 amide bonds. The summed E-state index contributed by atoms with van der Waals surface area (Å²) in [4.78, 5) is 3.94. The smallest absolute Gasteiger partial charge is 0.201 e. The Hall–Kier alpha value is -1.45. The monoisotopic (exact) mass is 182 g/mol. The number of pyridine rings is 1. The molecule has 2 rings (SSSR count). The molecule has 2 aromatic heterocycles. The first-order valence-electron chi connectivity index (χ1n) is 4.58. The first-order chi connectivity index (χ1) is 6.47. The molecule has 74 valence electrons. The summed E-state index contributed by atoms with van der Waals surface area (Å²) in [5.41, 5.74) is 1.47. The second-order valence-electron chi connectivity index (χ2n) is 1.67. The van der Waals surface area contributed by atoms with Gasteiger partial charge in [0.05, 0.1) is 0 Å². The molecule has 0 saturated heterocycles. The molecule has 0 aliphatic rings. The van der Waals surface area contributed by atoms with Gasteiger partial charge in [-0.15, -0.1) is 5.10 Å². The molecular weight excluding hydrogens is 164 g/mol. The fraction of sp³-hybridized carbons (Fsp3) is 0.444. The summed E-state index contributed by atoms with van der Waals surface area (Å²) in [5, 5.41) is 10.1. The molecule has 13 heavy (non-hydrogen) atoms. The number of nitrogens with zero attached hydrogens (tertiary/aromatic N) is 3. The predicted molar refractivity (Wildman–Crippen MR) is 56.5 cm³/mol. The van der Waals surface area contributed by atoms with Crippen molar-refractivity contribution in [1.82, 2.24) is 20.4 Å². The predicted octanol–water partition coefficient (Wildman–Crippen LogP) is 2.65. The Morgan fingerprint density at radius 2 is 1.85 bits per heavy atom. The third kappa shape index (κ3) is 3.19. The van der Waals surface area contributed by atoms with Gasteiger partial charge in [-0.1, -0.05) is 27.7 Å². The lowest BCUT2D eigenvalue weighted by atomic mass is 10.4. The highest BCUT2D eigenvalue weighted by molar-refractivity contribution is 5.67. The summed E-state index contributed by atoms with van der Waals surface area (Å²) >= 11 is 0. The van der Waals surface area contributed by atoms with Crippen LogP contribution in [0.2, 0.25) is 0 Å². The Balaban J connectivity index is 0. The molecule has 0 saturated carbocycles. The van der Waals surface area contributed by atoms with E-state index < -0.39 is 0 Å². The summed E-state index contributed by atoms with van der Waals surface area (Å²) in [7, 11) is 0. The van der Waals surface area contributed by atoms with E-state index in [0.29, 0.717) is 5.65 Å². The van der Waals surface area contributed by atoms with Crippen LogP contribution in [0.5, 0.6) is 0 Å². The van der Waals surface area contributed by atoms with Gasteiger partial charge in [-0.05, 0) is 12.1 Å². The average molecular weight is 182 g/mol. The van der Waals surface area contributed by atoms with Crippen LogP contribution in [0.3, 0.4) is 0 Å². The van der Waals surface area contributed by atoms with Crippen LogP contribution in [-0.2, 0) is 0 Å². The molecular formula is C9H18N4. The standard InChI is InChI=1S/C5H4N4.2C2H6.H2/c1-2-4-5(6-3-1)8-9-7-4;2*1-2;/h1-3H,(H,6,7,8,9);2*1-2H3;1H. The molecule has 2 heterocycles. The maximum atomic E-state index is 3.94. The van der Waals surface area contributed by atoms with E-state index in [4.69, 9.17) is 0 Å². The number of hydrogen-bond donors (Lipinski definition) is 1. The van der Waals surface area contributed by atoms with Gasteiger partial charge in [0.25, 0.3) is 0 Å². The summed E-state index contributed by atoms with van der Waals surface area (Å²) in [5.74, 6) is 0. The van der Waals surface area contributed by atoms with Crippen LogP contribution in [0.25, 0.3) is 11.2 Å². The Labute approximate surface area is 79.9 Å². The molecule has 1 N–H and O–H groups in total. The zero-order chi connectivity index (χ0) is 10.1. The van der Waals surface area contributed by atoms with Crippen molar-refractivity contribution in [2.45, 2.75) is 27.7 Å². The molecule has 0 fully saturated rings. The number of H-pyrrole nitrogens is 1. The zero-order valence-electron chi connectivity index (χ0n) is 8.57. The molecule has 4 heteroatoms. The van der Waals surface area contributed by atoms with E-state index in [1.54, 1.807) is 6.20 Å². The summed E-state index contributed by atoms with van der Waals surface area (Å²) in [6.45, 7) is 8.00. The van der Waals surface area contributed by atoms with Gasteiger partial charge in [-0.25, -0.2) is 4.98 Å². The molecule has 0 aliphatic carbocycles.